The van der Waals surface area contributed by atoms with E-state index in [1.165, 1.54) is 7.11 Å². The molecule has 1 N–H and O–H groups in total. The minimum atomic E-state index is -0.0593. The first-order valence-electron chi connectivity index (χ1n) is 6.51. The highest BCUT2D eigenvalue weighted by molar-refractivity contribution is 7.13. The van der Waals surface area contributed by atoms with Gasteiger partial charge in [0.25, 0.3) is 0 Å². The first-order valence-corrected chi connectivity index (χ1v) is 7.39. The van der Waals surface area contributed by atoms with Crippen LogP contribution >= 0.6 is 11.3 Å². The first kappa shape index (κ1) is 13.3. The fraction of sp³-hybridized carbons (Fsp3) is 0.692. The maximum atomic E-state index is 11.4. The molecule has 0 bridgehead atoms. The van der Waals surface area contributed by atoms with Gasteiger partial charge in [-0.15, -0.1) is 11.3 Å². The van der Waals surface area contributed by atoms with E-state index in [-0.39, 0.29) is 11.9 Å². The Morgan fingerprint density at radius 2 is 2.22 bits per heavy atom. The van der Waals surface area contributed by atoms with E-state index in [0.717, 1.165) is 42.9 Å². The average molecular weight is 268 g/mol. The van der Waals surface area contributed by atoms with Gasteiger partial charge in [-0.25, -0.2) is 4.98 Å². The van der Waals surface area contributed by atoms with Gasteiger partial charge in [0.2, 0.25) is 0 Å². The monoisotopic (exact) mass is 268 g/mol. The molecule has 1 aromatic heterocycles. The van der Waals surface area contributed by atoms with Gasteiger partial charge in [-0.05, 0) is 32.1 Å². The zero-order chi connectivity index (χ0) is 13.0. The van der Waals surface area contributed by atoms with Crippen LogP contribution in [-0.4, -0.2) is 24.1 Å². The number of hydrogen-bond acceptors (Lipinski definition) is 5. The molecule has 1 heterocycles. The lowest BCUT2D eigenvalue weighted by molar-refractivity contribution is -0.146. The van der Waals surface area contributed by atoms with Crippen molar-refractivity contribution in [1.82, 2.24) is 4.98 Å². The van der Waals surface area contributed by atoms with E-state index in [4.69, 9.17) is 4.74 Å². The van der Waals surface area contributed by atoms with Crippen LogP contribution in [0.5, 0.6) is 0 Å². The van der Waals surface area contributed by atoms with Crippen LogP contribution in [0.25, 0.3) is 0 Å². The van der Waals surface area contributed by atoms with Crippen LogP contribution < -0.4 is 5.32 Å². The van der Waals surface area contributed by atoms with Gasteiger partial charge >= 0.3 is 5.97 Å². The third-order valence-corrected chi connectivity index (χ3v) is 4.33. The Bertz CT molecular complexity index is 397. The number of nitrogens with one attached hydrogen (secondary N) is 1. The minimum Gasteiger partial charge on any atom is -0.469 e. The quantitative estimate of drug-likeness (QED) is 0.853. The van der Waals surface area contributed by atoms with Gasteiger partial charge < -0.3 is 10.1 Å². The van der Waals surface area contributed by atoms with Gasteiger partial charge in [0, 0.05) is 11.4 Å². The molecule has 1 aromatic rings. The van der Waals surface area contributed by atoms with Crippen molar-refractivity contribution in [1.29, 1.82) is 0 Å². The summed E-state index contributed by atoms with van der Waals surface area (Å²) in [6.45, 7) is 2.11. The Morgan fingerprint density at radius 3 is 2.78 bits per heavy atom. The lowest BCUT2D eigenvalue weighted by Crippen LogP contribution is -2.29. The summed E-state index contributed by atoms with van der Waals surface area (Å²) in [5.74, 6) is 0.0338. The summed E-state index contributed by atoms with van der Waals surface area (Å²) < 4.78 is 4.79. The maximum Gasteiger partial charge on any atom is 0.308 e. The van der Waals surface area contributed by atoms with E-state index in [2.05, 4.69) is 22.6 Å². The Morgan fingerprint density at radius 1 is 1.50 bits per heavy atom. The predicted octanol–water partition coefficient (Wildman–Crippen LogP) is 2.85. The Hall–Kier alpha value is -1.10. The number of thiazole rings is 1. The molecule has 1 aliphatic rings. The summed E-state index contributed by atoms with van der Waals surface area (Å²) in [5, 5.41) is 6.58. The largest absolute Gasteiger partial charge is 0.469 e. The van der Waals surface area contributed by atoms with Crippen molar-refractivity contribution in [2.24, 2.45) is 5.92 Å². The highest BCUT2D eigenvalue weighted by Gasteiger charge is 2.27. The van der Waals surface area contributed by atoms with Gasteiger partial charge in [-0.2, -0.15) is 0 Å². The predicted molar refractivity (Wildman–Crippen MR) is 72.9 cm³/mol. The number of aryl methyl sites for hydroxylation is 1. The molecule has 0 aromatic carbocycles. The summed E-state index contributed by atoms with van der Waals surface area (Å²) in [6, 6.07) is 0.446. The van der Waals surface area contributed by atoms with Crippen LogP contribution in [0, 0.1) is 5.92 Å². The molecule has 1 saturated carbocycles. The van der Waals surface area contributed by atoms with Crippen molar-refractivity contribution < 1.29 is 9.53 Å². The molecule has 0 atom stereocenters. The molecule has 0 radical (unpaired) electrons. The van der Waals surface area contributed by atoms with Crippen molar-refractivity contribution >= 4 is 22.4 Å². The Balaban J connectivity index is 1.81. The molecule has 1 aliphatic carbocycles. The van der Waals surface area contributed by atoms with E-state index < -0.39 is 0 Å². The molecule has 5 heteroatoms. The molecule has 0 saturated heterocycles. The highest BCUT2D eigenvalue weighted by Crippen LogP contribution is 2.28. The van der Waals surface area contributed by atoms with Crippen molar-refractivity contribution in [3.63, 3.8) is 0 Å². The zero-order valence-corrected chi connectivity index (χ0v) is 11.8. The molecule has 0 amide bonds. The second-order valence-corrected chi connectivity index (χ2v) is 5.57. The van der Waals surface area contributed by atoms with E-state index in [1.807, 2.05) is 0 Å². The number of methoxy groups -OCH3 is 1. The maximum absolute atomic E-state index is 11.4. The fourth-order valence-electron chi connectivity index (χ4n) is 2.35. The van der Waals surface area contributed by atoms with Crippen molar-refractivity contribution in [3.05, 3.63) is 11.1 Å². The molecule has 100 valence electrons. The molecule has 0 spiro atoms. The number of ether oxygens (including phenoxy) is 1. The van der Waals surface area contributed by atoms with Crippen LogP contribution in [0.1, 0.15) is 38.3 Å². The minimum absolute atomic E-state index is 0.0593. The number of aromatic nitrogens is 1. The van der Waals surface area contributed by atoms with Crippen molar-refractivity contribution in [2.45, 2.75) is 45.1 Å². The topological polar surface area (TPSA) is 51.2 Å². The van der Waals surface area contributed by atoms with E-state index in [1.54, 1.807) is 11.3 Å². The van der Waals surface area contributed by atoms with Crippen LogP contribution in [0.4, 0.5) is 5.13 Å². The van der Waals surface area contributed by atoms with Gasteiger partial charge in [-0.1, -0.05) is 6.92 Å². The number of carbonyl (C=O) groups is 1. The molecule has 18 heavy (non-hydrogen) atoms. The summed E-state index contributed by atoms with van der Waals surface area (Å²) in [4.78, 5) is 15.9. The zero-order valence-electron chi connectivity index (χ0n) is 10.9. The number of nitrogens with zero attached hydrogens (tertiary/aromatic N) is 1. The van der Waals surface area contributed by atoms with Gasteiger partial charge in [-0.3, -0.25) is 4.79 Å². The number of anilines is 1. The Labute approximate surface area is 112 Å². The SMILES string of the molecule is CCc1csc(NC2CCC(C(=O)OC)CC2)n1. The van der Waals surface area contributed by atoms with E-state index in [0.29, 0.717) is 6.04 Å². The molecule has 4 nitrogen and oxygen atoms in total. The van der Waals surface area contributed by atoms with E-state index in [9.17, 15) is 4.79 Å². The van der Waals surface area contributed by atoms with Crippen LogP contribution in [0.2, 0.25) is 0 Å². The number of carbonyl (C=O) groups excluding carboxylic acids is 1. The highest BCUT2D eigenvalue weighted by atomic mass is 32.1. The van der Waals surface area contributed by atoms with Gasteiger partial charge in [0.05, 0.1) is 18.7 Å². The first-order chi connectivity index (χ1) is 8.72. The number of rotatable bonds is 4. The van der Waals surface area contributed by atoms with Gasteiger partial charge in [0.1, 0.15) is 0 Å². The number of esters is 1. The smallest absolute Gasteiger partial charge is 0.308 e. The normalized spacial score (nSPS) is 23.7. The standard InChI is InChI=1S/C13H20N2O2S/c1-3-10-8-18-13(14-10)15-11-6-4-9(5-7-11)12(16)17-2/h8-9,11H,3-7H2,1-2H3,(H,14,15). The average Bonchev–Trinajstić information content (AvgIpc) is 2.86. The summed E-state index contributed by atoms with van der Waals surface area (Å²) in [7, 11) is 1.47. The summed E-state index contributed by atoms with van der Waals surface area (Å²) in [5.41, 5.74) is 1.14. The lowest BCUT2D eigenvalue weighted by Gasteiger charge is -2.27. The molecule has 1 fully saturated rings. The third-order valence-electron chi connectivity index (χ3n) is 3.50. The fourth-order valence-corrected chi connectivity index (χ4v) is 3.22. The van der Waals surface area contributed by atoms with E-state index >= 15 is 0 Å². The summed E-state index contributed by atoms with van der Waals surface area (Å²) in [6.07, 6.45) is 4.83. The third kappa shape index (κ3) is 3.22. The molecule has 2 rings (SSSR count). The second kappa shape index (κ2) is 6.18. The lowest BCUT2D eigenvalue weighted by atomic mass is 9.86. The van der Waals surface area contributed by atoms with Crippen LogP contribution in [-0.2, 0) is 16.0 Å². The van der Waals surface area contributed by atoms with Gasteiger partial charge in [0.15, 0.2) is 5.13 Å². The molecular formula is C13H20N2O2S. The molecule has 0 aliphatic heterocycles. The second-order valence-electron chi connectivity index (χ2n) is 4.71. The van der Waals surface area contributed by atoms with Crippen molar-refractivity contribution in [3.8, 4) is 0 Å². The van der Waals surface area contributed by atoms with Crippen molar-refractivity contribution in [2.75, 3.05) is 12.4 Å². The number of hydrogen-bond donors (Lipinski definition) is 1. The molecule has 0 unspecified atom stereocenters. The van der Waals surface area contributed by atoms with Crippen LogP contribution in [0.3, 0.4) is 0 Å². The summed E-state index contributed by atoms with van der Waals surface area (Å²) >= 11 is 1.67. The molecular weight excluding hydrogens is 248 g/mol. The Kier molecular flexibility index (Phi) is 4.58. The van der Waals surface area contributed by atoms with Crippen LogP contribution in [0.15, 0.2) is 5.38 Å².